The molecule has 9 heteroatoms. The molecule has 3 aliphatic rings. The summed E-state index contributed by atoms with van der Waals surface area (Å²) in [7, 11) is 1.66. The lowest BCUT2D eigenvalue weighted by Crippen LogP contribution is -2.55. The summed E-state index contributed by atoms with van der Waals surface area (Å²) >= 11 is 1.67. The Bertz CT molecular complexity index is 1430. The van der Waals surface area contributed by atoms with Crippen LogP contribution in [0.25, 0.3) is 20.5 Å². The van der Waals surface area contributed by atoms with Gasteiger partial charge in [-0.15, -0.1) is 11.3 Å². The van der Waals surface area contributed by atoms with Gasteiger partial charge < -0.3 is 19.4 Å². The molecule has 8 nitrogen and oxygen atoms in total. The zero-order valence-electron chi connectivity index (χ0n) is 24.6. The van der Waals surface area contributed by atoms with Gasteiger partial charge in [0.2, 0.25) is 11.8 Å². The third-order valence-electron chi connectivity index (χ3n) is 9.35. The van der Waals surface area contributed by atoms with Crippen LogP contribution >= 0.6 is 11.3 Å². The Morgan fingerprint density at radius 1 is 0.762 bits per heavy atom. The van der Waals surface area contributed by atoms with E-state index < -0.39 is 0 Å². The molecule has 222 valence electrons. The fourth-order valence-electron chi connectivity index (χ4n) is 6.80. The molecule has 6 rings (SSSR count). The van der Waals surface area contributed by atoms with Crippen LogP contribution in [0.15, 0.2) is 48.5 Å². The number of piperidine rings is 2. The Balaban J connectivity index is 1.06. The van der Waals surface area contributed by atoms with E-state index in [0.29, 0.717) is 32.2 Å². The van der Waals surface area contributed by atoms with Gasteiger partial charge >= 0.3 is 0 Å². The van der Waals surface area contributed by atoms with E-state index in [4.69, 9.17) is 4.74 Å². The quantitative estimate of drug-likeness (QED) is 0.436. The lowest BCUT2D eigenvalue weighted by molar-refractivity contribution is -0.141. The van der Waals surface area contributed by atoms with Crippen molar-refractivity contribution >= 4 is 39.1 Å². The van der Waals surface area contributed by atoms with Crippen LogP contribution in [-0.2, 0) is 9.59 Å². The molecule has 0 radical (unpaired) electrons. The topological polar surface area (TPSA) is 73.4 Å². The van der Waals surface area contributed by atoms with Gasteiger partial charge in [-0.1, -0.05) is 18.2 Å². The molecule has 3 aliphatic heterocycles. The fraction of sp³-hybridized carbons (Fsp3) is 0.485. The number of piperazine rings is 1. The first-order chi connectivity index (χ1) is 20.4. The predicted octanol–water partition coefficient (Wildman–Crippen LogP) is 4.58. The molecule has 0 aliphatic carbocycles. The van der Waals surface area contributed by atoms with Crippen LogP contribution in [0.2, 0.25) is 0 Å². The van der Waals surface area contributed by atoms with Gasteiger partial charge in [0.15, 0.2) is 0 Å². The number of rotatable bonds is 5. The standard InChI is InChI=1S/C33H40N4O4S/c1-23(38)34-15-11-25(12-16-34)32(39)36-17-13-26(14-18-36)35-19-21-37(22-20-35)33(40)30-28-5-3-4-6-29(28)42-31(30)24-7-9-27(41-2)10-8-24/h3-10,25-26H,11-22H2,1-2H3. The largest absolute Gasteiger partial charge is 0.497 e. The number of carbonyl (C=O) groups excluding carboxylic acids is 3. The highest BCUT2D eigenvalue weighted by atomic mass is 32.1. The number of benzene rings is 2. The smallest absolute Gasteiger partial charge is 0.256 e. The van der Waals surface area contributed by atoms with Crippen LogP contribution < -0.4 is 4.74 Å². The second-order valence-corrected chi connectivity index (χ2v) is 12.7. The number of amides is 3. The summed E-state index contributed by atoms with van der Waals surface area (Å²) in [5.74, 6) is 1.32. The number of thiophene rings is 1. The first-order valence-electron chi connectivity index (χ1n) is 15.2. The molecular weight excluding hydrogens is 548 g/mol. The second-order valence-electron chi connectivity index (χ2n) is 11.7. The van der Waals surface area contributed by atoms with Crippen molar-refractivity contribution in [2.75, 3.05) is 59.5 Å². The predicted molar refractivity (Wildman–Crippen MR) is 166 cm³/mol. The molecule has 3 aromatic rings. The van der Waals surface area contributed by atoms with Crippen LogP contribution in [0.4, 0.5) is 0 Å². The van der Waals surface area contributed by atoms with Crippen molar-refractivity contribution in [3.8, 4) is 16.2 Å². The van der Waals surface area contributed by atoms with Gasteiger partial charge in [0.05, 0.1) is 12.7 Å². The lowest BCUT2D eigenvalue weighted by atomic mass is 9.93. The zero-order valence-corrected chi connectivity index (χ0v) is 25.4. The summed E-state index contributed by atoms with van der Waals surface area (Å²) in [5, 5.41) is 1.02. The highest BCUT2D eigenvalue weighted by Crippen LogP contribution is 2.40. The number of nitrogens with zero attached hydrogens (tertiary/aromatic N) is 4. The average molecular weight is 589 g/mol. The van der Waals surface area contributed by atoms with Crippen molar-refractivity contribution in [1.82, 2.24) is 19.6 Å². The third kappa shape index (κ3) is 5.77. The number of fused-ring (bicyclic) bond motifs is 1. The SMILES string of the molecule is COc1ccc(-c2sc3ccccc3c2C(=O)N2CCN(C3CCN(C(=O)C4CCN(C(C)=O)CC4)CC3)CC2)cc1. The summed E-state index contributed by atoms with van der Waals surface area (Å²) in [6, 6.07) is 16.6. The summed E-state index contributed by atoms with van der Waals surface area (Å²) in [6.45, 7) is 7.69. The van der Waals surface area contributed by atoms with Gasteiger partial charge in [-0.3, -0.25) is 19.3 Å². The van der Waals surface area contributed by atoms with Gasteiger partial charge in [-0.25, -0.2) is 0 Å². The minimum atomic E-state index is 0.0442. The number of hydrogen-bond donors (Lipinski definition) is 0. The summed E-state index contributed by atoms with van der Waals surface area (Å²) in [4.78, 5) is 48.3. The Morgan fingerprint density at radius 3 is 2.05 bits per heavy atom. The minimum absolute atomic E-state index is 0.0442. The molecule has 42 heavy (non-hydrogen) atoms. The van der Waals surface area contributed by atoms with E-state index in [-0.39, 0.29) is 23.6 Å². The highest BCUT2D eigenvalue weighted by molar-refractivity contribution is 7.22. The fourth-order valence-corrected chi connectivity index (χ4v) is 8.00. The van der Waals surface area contributed by atoms with E-state index in [9.17, 15) is 14.4 Å². The Labute approximate surface area is 251 Å². The maximum absolute atomic E-state index is 14.0. The van der Waals surface area contributed by atoms with E-state index >= 15 is 0 Å². The van der Waals surface area contributed by atoms with Crippen LogP contribution in [0.3, 0.4) is 0 Å². The van der Waals surface area contributed by atoms with Crippen LogP contribution in [0.5, 0.6) is 5.75 Å². The van der Waals surface area contributed by atoms with Crippen LogP contribution in [-0.4, -0.2) is 103 Å². The summed E-state index contributed by atoms with van der Waals surface area (Å²) in [5.41, 5.74) is 1.83. The zero-order chi connectivity index (χ0) is 29.2. The number of ether oxygens (including phenoxy) is 1. The molecule has 0 atom stereocenters. The Kier molecular flexibility index (Phi) is 8.49. The van der Waals surface area contributed by atoms with Crippen molar-refractivity contribution in [2.24, 2.45) is 5.92 Å². The first-order valence-corrected chi connectivity index (χ1v) is 16.0. The normalized spacial score (nSPS) is 19.3. The molecule has 1 aromatic heterocycles. The molecule has 3 saturated heterocycles. The van der Waals surface area contributed by atoms with E-state index in [1.807, 2.05) is 51.1 Å². The summed E-state index contributed by atoms with van der Waals surface area (Å²) < 4.78 is 6.47. The Hall–Kier alpha value is -3.43. The summed E-state index contributed by atoms with van der Waals surface area (Å²) in [6.07, 6.45) is 3.49. The average Bonchev–Trinajstić information content (AvgIpc) is 3.44. The highest BCUT2D eigenvalue weighted by Gasteiger charge is 2.34. The molecule has 4 heterocycles. The molecule has 0 saturated carbocycles. The monoisotopic (exact) mass is 588 g/mol. The van der Waals surface area contributed by atoms with E-state index in [1.165, 1.54) is 0 Å². The minimum Gasteiger partial charge on any atom is -0.497 e. The van der Waals surface area contributed by atoms with Crippen molar-refractivity contribution in [1.29, 1.82) is 0 Å². The van der Waals surface area contributed by atoms with Gasteiger partial charge in [-0.05, 0) is 61.6 Å². The van der Waals surface area contributed by atoms with Crippen molar-refractivity contribution in [2.45, 2.75) is 38.6 Å². The molecule has 2 aromatic carbocycles. The van der Waals surface area contributed by atoms with E-state index in [0.717, 1.165) is 83.7 Å². The lowest BCUT2D eigenvalue weighted by Gasteiger charge is -2.43. The molecular formula is C33H40N4O4S. The number of methoxy groups -OCH3 is 1. The molecule has 3 amide bonds. The van der Waals surface area contributed by atoms with E-state index in [1.54, 1.807) is 25.4 Å². The molecule has 0 bridgehead atoms. The van der Waals surface area contributed by atoms with Gasteiger partial charge in [0.25, 0.3) is 5.91 Å². The number of likely N-dealkylation sites (tertiary alicyclic amines) is 2. The number of carbonyl (C=O) groups is 3. The van der Waals surface area contributed by atoms with Gasteiger partial charge in [-0.2, -0.15) is 0 Å². The number of hydrogen-bond acceptors (Lipinski definition) is 6. The van der Waals surface area contributed by atoms with Crippen molar-refractivity contribution in [3.05, 3.63) is 54.1 Å². The molecule has 0 unspecified atom stereocenters. The van der Waals surface area contributed by atoms with Crippen LogP contribution in [0, 0.1) is 5.92 Å². The molecule has 3 fully saturated rings. The van der Waals surface area contributed by atoms with Gasteiger partial charge in [0.1, 0.15) is 5.75 Å². The van der Waals surface area contributed by atoms with E-state index in [2.05, 4.69) is 17.0 Å². The Morgan fingerprint density at radius 2 is 1.40 bits per heavy atom. The molecule has 0 N–H and O–H groups in total. The molecule has 0 spiro atoms. The maximum Gasteiger partial charge on any atom is 0.256 e. The van der Waals surface area contributed by atoms with Gasteiger partial charge in [0, 0.05) is 86.2 Å². The van der Waals surface area contributed by atoms with Crippen molar-refractivity contribution in [3.63, 3.8) is 0 Å². The second kappa shape index (κ2) is 12.4. The van der Waals surface area contributed by atoms with Crippen LogP contribution in [0.1, 0.15) is 43.0 Å². The maximum atomic E-state index is 14.0. The third-order valence-corrected chi connectivity index (χ3v) is 10.6. The van der Waals surface area contributed by atoms with Crippen molar-refractivity contribution < 1.29 is 19.1 Å². The first kappa shape index (κ1) is 28.7.